The van der Waals surface area contributed by atoms with Crippen LogP contribution in [0.3, 0.4) is 0 Å². The third-order valence-electron chi connectivity index (χ3n) is 3.81. The Hall–Kier alpha value is -1.84. The molecular formula is C15H18O4. The molecule has 1 heterocycles. The van der Waals surface area contributed by atoms with Crippen molar-refractivity contribution in [3.05, 3.63) is 35.9 Å². The lowest BCUT2D eigenvalue weighted by atomic mass is 9.88. The van der Waals surface area contributed by atoms with Crippen molar-refractivity contribution in [1.29, 1.82) is 0 Å². The van der Waals surface area contributed by atoms with E-state index in [9.17, 15) is 9.59 Å². The van der Waals surface area contributed by atoms with E-state index in [-0.39, 0.29) is 12.0 Å². The SMILES string of the molecule is CC[C@H]1OC(=O)[C@](C)(OC(=O)c2ccccc2)[C@@H]1C. The fourth-order valence-corrected chi connectivity index (χ4v) is 2.29. The number of rotatable bonds is 3. The number of hydrogen-bond acceptors (Lipinski definition) is 4. The highest BCUT2D eigenvalue weighted by molar-refractivity contribution is 5.93. The smallest absolute Gasteiger partial charge is 0.351 e. The average Bonchev–Trinajstić information content (AvgIpc) is 2.64. The Morgan fingerprint density at radius 3 is 2.53 bits per heavy atom. The van der Waals surface area contributed by atoms with E-state index in [4.69, 9.17) is 9.47 Å². The number of cyclic esters (lactones) is 1. The first-order chi connectivity index (χ1) is 8.99. The van der Waals surface area contributed by atoms with Crippen molar-refractivity contribution in [1.82, 2.24) is 0 Å². The summed E-state index contributed by atoms with van der Waals surface area (Å²) in [6.07, 6.45) is 0.520. The fourth-order valence-electron chi connectivity index (χ4n) is 2.29. The van der Waals surface area contributed by atoms with E-state index in [1.54, 1.807) is 31.2 Å². The molecule has 1 aromatic carbocycles. The average molecular weight is 262 g/mol. The molecule has 1 aromatic rings. The van der Waals surface area contributed by atoms with Gasteiger partial charge in [0.15, 0.2) is 0 Å². The van der Waals surface area contributed by atoms with Crippen LogP contribution in [-0.4, -0.2) is 23.6 Å². The molecule has 0 bridgehead atoms. The molecule has 0 radical (unpaired) electrons. The molecule has 0 aromatic heterocycles. The van der Waals surface area contributed by atoms with E-state index in [0.29, 0.717) is 12.0 Å². The van der Waals surface area contributed by atoms with Crippen LogP contribution in [0.5, 0.6) is 0 Å². The number of carbonyl (C=O) groups excluding carboxylic acids is 2. The summed E-state index contributed by atoms with van der Waals surface area (Å²) in [6, 6.07) is 8.65. The van der Waals surface area contributed by atoms with Crippen molar-refractivity contribution in [3.8, 4) is 0 Å². The van der Waals surface area contributed by atoms with Gasteiger partial charge in [-0.1, -0.05) is 32.0 Å². The molecule has 4 heteroatoms. The Morgan fingerprint density at radius 1 is 1.37 bits per heavy atom. The minimum atomic E-state index is -1.20. The van der Waals surface area contributed by atoms with Crippen LogP contribution < -0.4 is 0 Å². The Kier molecular flexibility index (Phi) is 3.60. The highest BCUT2D eigenvalue weighted by atomic mass is 16.6. The number of carbonyl (C=O) groups is 2. The Balaban J connectivity index is 2.18. The van der Waals surface area contributed by atoms with Gasteiger partial charge >= 0.3 is 11.9 Å². The van der Waals surface area contributed by atoms with E-state index >= 15 is 0 Å². The monoisotopic (exact) mass is 262 g/mol. The highest BCUT2D eigenvalue weighted by Crippen LogP contribution is 2.36. The van der Waals surface area contributed by atoms with Crippen LogP contribution in [0.15, 0.2) is 30.3 Å². The quantitative estimate of drug-likeness (QED) is 0.786. The van der Waals surface area contributed by atoms with E-state index in [0.717, 1.165) is 0 Å². The van der Waals surface area contributed by atoms with Crippen molar-refractivity contribution < 1.29 is 19.1 Å². The van der Waals surface area contributed by atoms with Crippen LogP contribution in [0.25, 0.3) is 0 Å². The van der Waals surface area contributed by atoms with Crippen LogP contribution >= 0.6 is 0 Å². The van der Waals surface area contributed by atoms with Crippen molar-refractivity contribution in [2.45, 2.75) is 38.9 Å². The molecule has 1 fully saturated rings. The van der Waals surface area contributed by atoms with Crippen molar-refractivity contribution in [2.24, 2.45) is 5.92 Å². The van der Waals surface area contributed by atoms with Gasteiger partial charge in [-0.3, -0.25) is 0 Å². The van der Waals surface area contributed by atoms with Gasteiger partial charge in [-0.05, 0) is 25.5 Å². The van der Waals surface area contributed by atoms with Gasteiger partial charge < -0.3 is 9.47 Å². The first-order valence-electron chi connectivity index (χ1n) is 6.48. The second-order valence-electron chi connectivity index (χ2n) is 5.00. The van der Waals surface area contributed by atoms with E-state index in [1.165, 1.54) is 0 Å². The van der Waals surface area contributed by atoms with Crippen LogP contribution in [-0.2, 0) is 14.3 Å². The van der Waals surface area contributed by atoms with Gasteiger partial charge in [0.1, 0.15) is 6.10 Å². The number of hydrogen-bond donors (Lipinski definition) is 0. The Labute approximate surface area is 112 Å². The lowest BCUT2D eigenvalue weighted by molar-refractivity contribution is -0.154. The molecule has 1 saturated heterocycles. The molecule has 0 amide bonds. The zero-order valence-corrected chi connectivity index (χ0v) is 11.4. The van der Waals surface area contributed by atoms with E-state index in [2.05, 4.69) is 0 Å². The summed E-state index contributed by atoms with van der Waals surface area (Å²) in [5, 5.41) is 0. The molecule has 3 atom stereocenters. The molecule has 1 aliphatic rings. The van der Waals surface area contributed by atoms with Crippen LogP contribution in [0.4, 0.5) is 0 Å². The predicted octanol–water partition coefficient (Wildman–Crippen LogP) is 2.57. The second kappa shape index (κ2) is 5.03. The van der Waals surface area contributed by atoms with Crippen molar-refractivity contribution in [3.63, 3.8) is 0 Å². The summed E-state index contributed by atoms with van der Waals surface area (Å²) in [5.74, 6) is -1.11. The van der Waals surface area contributed by atoms with Gasteiger partial charge in [0.05, 0.1) is 5.56 Å². The molecule has 4 nitrogen and oxygen atoms in total. The maximum atomic E-state index is 12.1. The first kappa shape index (κ1) is 13.6. The summed E-state index contributed by atoms with van der Waals surface area (Å²) in [5.41, 5.74) is -0.767. The molecule has 0 unspecified atom stereocenters. The third-order valence-corrected chi connectivity index (χ3v) is 3.81. The molecule has 0 spiro atoms. The maximum absolute atomic E-state index is 12.1. The van der Waals surface area contributed by atoms with Crippen molar-refractivity contribution >= 4 is 11.9 Å². The third kappa shape index (κ3) is 2.35. The first-order valence-corrected chi connectivity index (χ1v) is 6.48. The summed E-state index contributed by atoms with van der Waals surface area (Å²) >= 11 is 0. The molecule has 2 rings (SSSR count). The lowest BCUT2D eigenvalue weighted by Crippen LogP contribution is -2.42. The minimum Gasteiger partial charge on any atom is -0.459 e. The highest BCUT2D eigenvalue weighted by Gasteiger charge is 2.54. The number of esters is 2. The Bertz CT molecular complexity index is 482. The van der Waals surface area contributed by atoms with Crippen LogP contribution in [0, 0.1) is 5.92 Å². The fraction of sp³-hybridized carbons (Fsp3) is 0.467. The van der Waals surface area contributed by atoms with E-state index < -0.39 is 17.5 Å². The van der Waals surface area contributed by atoms with Gasteiger partial charge in [0.25, 0.3) is 0 Å². The summed E-state index contributed by atoms with van der Waals surface area (Å²) < 4.78 is 10.7. The van der Waals surface area contributed by atoms with Crippen molar-refractivity contribution in [2.75, 3.05) is 0 Å². The maximum Gasteiger partial charge on any atom is 0.351 e. The second-order valence-corrected chi connectivity index (χ2v) is 5.00. The summed E-state index contributed by atoms with van der Waals surface area (Å²) in [6.45, 7) is 5.44. The normalized spacial score (nSPS) is 29.9. The minimum absolute atomic E-state index is 0.155. The molecular weight excluding hydrogens is 244 g/mol. The largest absolute Gasteiger partial charge is 0.459 e. The van der Waals surface area contributed by atoms with Gasteiger partial charge in [0.2, 0.25) is 5.60 Å². The van der Waals surface area contributed by atoms with Gasteiger partial charge in [-0.2, -0.15) is 0 Å². The van der Waals surface area contributed by atoms with E-state index in [1.807, 2.05) is 19.9 Å². The lowest BCUT2D eigenvalue weighted by Gasteiger charge is -2.25. The topological polar surface area (TPSA) is 52.6 Å². The van der Waals surface area contributed by atoms with Crippen LogP contribution in [0.2, 0.25) is 0 Å². The standard InChI is InChI=1S/C15H18O4/c1-4-12-10(2)15(3,14(17)18-12)19-13(16)11-8-6-5-7-9-11/h5-10,12H,4H2,1-3H3/t10-,12-,15-/m1/s1. The summed E-state index contributed by atoms with van der Waals surface area (Å²) in [4.78, 5) is 24.0. The number of benzene rings is 1. The molecule has 102 valence electrons. The van der Waals surface area contributed by atoms with Gasteiger partial charge in [-0.15, -0.1) is 0 Å². The summed E-state index contributed by atoms with van der Waals surface area (Å²) in [7, 11) is 0. The van der Waals surface area contributed by atoms with Gasteiger partial charge in [0, 0.05) is 5.92 Å². The molecule has 0 aliphatic carbocycles. The zero-order valence-electron chi connectivity index (χ0n) is 11.4. The zero-order chi connectivity index (χ0) is 14.0. The molecule has 1 aliphatic heterocycles. The molecule has 0 N–H and O–H groups in total. The Morgan fingerprint density at radius 2 is 2.00 bits per heavy atom. The van der Waals surface area contributed by atoms with Gasteiger partial charge in [-0.25, -0.2) is 9.59 Å². The number of ether oxygens (including phenoxy) is 2. The van der Waals surface area contributed by atoms with Crippen LogP contribution in [0.1, 0.15) is 37.6 Å². The molecule has 0 saturated carbocycles. The molecule has 19 heavy (non-hydrogen) atoms. The predicted molar refractivity (Wildman–Crippen MR) is 69.6 cm³/mol.